The van der Waals surface area contributed by atoms with Crippen LogP contribution in [0.3, 0.4) is 0 Å². The zero-order valence-electron chi connectivity index (χ0n) is 10.8. The van der Waals surface area contributed by atoms with Crippen LogP contribution >= 0.6 is 11.6 Å². The number of nitrogens with one attached hydrogen (secondary N) is 1. The van der Waals surface area contributed by atoms with Crippen LogP contribution in [0.1, 0.15) is 5.56 Å². The second-order valence-corrected chi connectivity index (χ2v) is 5.24. The van der Waals surface area contributed by atoms with Crippen LogP contribution in [0.4, 0.5) is 0 Å². The van der Waals surface area contributed by atoms with E-state index < -0.39 is 0 Å². The average Bonchev–Trinajstić information content (AvgIpc) is 2.82. The Morgan fingerprint density at radius 1 is 1.21 bits per heavy atom. The van der Waals surface area contributed by atoms with Crippen LogP contribution in [0.25, 0.3) is 11.1 Å². The molecule has 0 fully saturated rings. The maximum absolute atomic E-state index is 6.07. The fraction of sp³-hybridized carbons (Fsp3) is 0.250. The molecular formula is C16H16ClNO. The molecule has 0 saturated heterocycles. The number of benzene rings is 2. The zero-order chi connectivity index (χ0) is 13.2. The van der Waals surface area contributed by atoms with E-state index in [0.717, 1.165) is 34.9 Å². The van der Waals surface area contributed by atoms with Crippen LogP contribution in [-0.2, 0) is 6.42 Å². The molecule has 3 heteroatoms. The Morgan fingerprint density at radius 3 is 2.74 bits per heavy atom. The van der Waals surface area contributed by atoms with Gasteiger partial charge in [-0.25, -0.2) is 0 Å². The van der Waals surface area contributed by atoms with Gasteiger partial charge >= 0.3 is 0 Å². The van der Waals surface area contributed by atoms with Crippen LogP contribution < -0.4 is 10.1 Å². The van der Waals surface area contributed by atoms with E-state index >= 15 is 0 Å². The SMILES string of the molecule is CNCC1Cc2cccc(-c3ccc(Cl)cc3)c2O1. The van der Waals surface area contributed by atoms with Gasteiger partial charge in [-0.3, -0.25) is 0 Å². The molecule has 0 saturated carbocycles. The van der Waals surface area contributed by atoms with Crippen LogP contribution in [0.15, 0.2) is 42.5 Å². The fourth-order valence-electron chi connectivity index (χ4n) is 2.54. The molecule has 1 aliphatic rings. The lowest BCUT2D eigenvalue weighted by Crippen LogP contribution is -2.27. The number of hydrogen-bond donors (Lipinski definition) is 1. The number of halogens is 1. The third-order valence-corrected chi connectivity index (χ3v) is 3.67. The molecule has 0 amide bonds. The minimum absolute atomic E-state index is 0.230. The van der Waals surface area contributed by atoms with E-state index in [9.17, 15) is 0 Å². The number of para-hydroxylation sites is 1. The maximum Gasteiger partial charge on any atom is 0.130 e. The first-order valence-corrected chi connectivity index (χ1v) is 6.85. The fourth-order valence-corrected chi connectivity index (χ4v) is 2.66. The first-order valence-electron chi connectivity index (χ1n) is 6.47. The van der Waals surface area contributed by atoms with Gasteiger partial charge in [0.25, 0.3) is 0 Å². The summed E-state index contributed by atoms with van der Waals surface area (Å²) < 4.78 is 6.07. The number of rotatable bonds is 3. The summed E-state index contributed by atoms with van der Waals surface area (Å²) in [6, 6.07) is 14.2. The Morgan fingerprint density at radius 2 is 2.00 bits per heavy atom. The molecular weight excluding hydrogens is 258 g/mol. The highest BCUT2D eigenvalue weighted by Crippen LogP contribution is 2.38. The van der Waals surface area contributed by atoms with Gasteiger partial charge in [-0.15, -0.1) is 0 Å². The highest BCUT2D eigenvalue weighted by molar-refractivity contribution is 6.30. The molecule has 2 nitrogen and oxygen atoms in total. The molecule has 2 aromatic carbocycles. The maximum atomic E-state index is 6.07. The third kappa shape index (κ3) is 2.46. The molecule has 0 aromatic heterocycles. The van der Waals surface area contributed by atoms with Gasteiger partial charge in [0.05, 0.1) is 0 Å². The van der Waals surface area contributed by atoms with E-state index in [1.165, 1.54) is 5.56 Å². The van der Waals surface area contributed by atoms with Crippen molar-refractivity contribution < 1.29 is 4.74 Å². The topological polar surface area (TPSA) is 21.3 Å². The molecule has 1 aliphatic heterocycles. The number of fused-ring (bicyclic) bond motifs is 1. The normalized spacial score (nSPS) is 17.1. The largest absolute Gasteiger partial charge is 0.488 e. The lowest BCUT2D eigenvalue weighted by molar-refractivity contribution is 0.232. The minimum atomic E-state index is 0.230. The smallest absolute Gasteiger partial charge is 0.130 e. The molecule has 1 N–H and O–H groups in total. The summed E-state index contributed by atoms with van der Waals surface area (Å²) in [7, 11) is 1.95. The molecule has 1 atom stereocenters. The van der Waals surface area contributed by atoms with Crippen molar-refractivity contribution in [3.8, 4) is 16.9 Å². The predicted molar refractivity (Wildman–Crippen MR) is 78.9 cm³/mol. The van der Waals surface area contributed by atoms with Crippen LogP contribution in [0.2, 0.25) is 5.02 Å². The van der Waals surface area contributed by atoms with Gasteiger partial charge < -0.3 is 10.1 Å². The zero-order valence-corrected chi connectivity index (χ0v) is 11.6. The summed E-state index contributed by atoms with van der Waals surface area (Å²) in [6.07, 6.45) is 1.20. The van der Waals surface area contributed by atoms with E-state index in [4.69, 9.17) is 16.3 Å². The lowest BCUT2D eigenvalue weighted by atomic mass is 10.0. The first kappa shape index (κ1) is 12.5. The van der Waals surface area contributed by atoms with Crippen LogP contribution in [0, 0.1) is 0 Å². The minimum Gasteiger partial charge on any atom is -0.488 e. The molecule has 19 heavy (non-hydrogen) atoms. The second kappa shape index (κ2) is 5.24. The summed E-state index contributed by atoms with van der Waals surface area (Å²) in [6.45, 7) is 0.870. The Labute approximate surface area is 118 Å². The van der Waals surface area contributed by atoms with E-state index in [1.807, 2.05) is 31.3 Å². The van der Waals surface area contributed by atoms with Crippen molar-refractivity contribution >= 4 is 11.6 Å². The quantitative estimate of drug-likeness (QED) is 0.924. The highest BCUT2D eigenvalue weighted by Gasteiger charge is 2.24. The van der Waals surface area contributed by atoms with Gasteiger partial charge in [0, 0.05) is 23.6 Å². The van der Waals surface area contributed by atoms with Crippen LogP contribution in [-0.4, -0.2) is 19.7 Å². The molecule has 1 unspecified atom stereocenters. The Kier molecular flexibility index (Phi) is 3.45. The standard InChI is InChI=1S/C16H16ClNO/c1-18-10-14-9-12-3-2-4-15(16(12)19-14)11-5-7-13(17)8-6-11/h2-8,14,18H,9-10H2,1H3. The van der Waals surface area contributed by atoms with Gasteiger partial charge in [-0.05, 0) is 30.3 Å². The summed E-state index contributed by atoms with van der Waals surface area (Å²) >= 11 is 5.94. The molecule has 98 valence electrons. The Bertz CT molecular complexity index is 580. The first-order chi connectivity index (χ1) is 9.28. The van der Waals surface area contributed by atoms with Gasteiger partial charge in [-0.2, -0.15) is 0 Å². The van der Waals surface area contributed by atoms with E-state index in [0.29, 0.717) is 0 Å². The number of likely N-dealkylation sites (N-methyl/N-ethyl adjacent to an activating group) is 1. The van der Waals surface area contributed by atoms with Crippen molar-refractivity contribution in [3.05, 3.63) is 53.1 Å². The van der Waals surface area contributed by atoms with Gasteiger partial charge in [0.1, 0.15) is 11.9 Å². The van der Waals surface area contributed by atoms with Crippen molar-refractivity contribution in [2.75, 3.05) is 13.6 Å². The number of hydrogen-bond acceptors (Lipinski definition) is 2. The van der Waals surface area contributed by atoms with Crippen molar-refractivity contribution in [2.24, 2.45) is 0 Å². The average molecular weight is 274 g/mol. The molecule has 0 aliphatic carbocycles. The van der Waals surface area contributed by atoms with Crippen molar-refractivity contribution in [1.29, 1.82) is 0 Å². The molecule has 2 aromatic rings. The second-order valence-electron chi connectivity index (χ2n) is 4.80. The molecule has 0 bridgehead atoms. The lowest BCUT2D eigenvalue weighted by Gasteiger charge is -2.12. The summed E-state index contributed by atoms with van der Waals surface area (Å²) in [4.78, 5) is 0. The highest BCUT2D eigenvalue weighted by atomic mass is 35.5. The van der Waals surface area contributed by atoms with Crippen molar-refractivity contribution in [1.82, 2.24) is 5.32 Å². The molecule has 1 heterocycles. The van der Waals surface area contributed by atoms with E-state index in [1.54, 1.807) is 0 Å². The van der Waals surface area contributed by atoms with Gasteiger partial charge in [0.2, 0.25) is 0 Å². The van der Waals surface area contributed by atoms with Crippen molar-refractivity contribution in [3.63, 3.8) is 0 Å². The van der Waals surface area contributed by atoms with Gasteiger partial charge in [0.15, 0.2) is 0 Å². The van der Waals surface area contributed by atoms with Crippen LogP contribution in [0.5, 0.6) is 5.75 Å². The van der Waals surface area contributed by atoms with E-state index in [-0.39, 0.29) is 6.10 Å². The molecule has 0 radical (unpaired) electrons. The van der Waals surface area contributed by atoms with Gasteiger partial charge in [-0.1, -0.05) is 41.9 Å². The summed E-state index contributed by atoms with van der Waals surface area (Å²) in [5.41, 5.74) is 3.58. The monoisotopic (exact) mass is 273 g/mol. The van der Waals surface area contributed by atoms with Crippen molar-refractivity contribution in [2.45, 2.75) is 12.5 Å². The van der Waals surface area contributed by atoms with E-state index in [2.05, 4.69) is 23.5 Å². The number of ether oxygens (including phenoxy) is 1. The predicted octanol–water partition coefficient (Wildman–Crippen LogP) is 3.53. The molecule has 3 rings (SSSR count). The summed E-state index contributed by atoms with van der Waals surface area (Å²) in [5.74, 6) is 1.02. The Hall–Kier alpha value is -1.51. The third-order valence-electron chi connectivity index (χ3n) is 3.42. The Balaban J connectivity index is 1.97. The summed E-state index contributed by atoms with van der Waals surface area (Å²) in [5, 5.41) is 3.92. The molecule has 0 spiro atoms.